The van der Waals surface area contributed by atoms with Gasteiger partial charge in [0.05, 0.1) is 10.0 Å². The maximum absolute atomic E-state index is 5.97. The van der Waals surface area contributed by atoms with E-state index in [1.165, 1.54) is 0 Å². The van der Waals surface area contributed by atoms with Gasteiger partial charge in [0, 0.05) is 13.1 Å². The number of halogens is 3. The first kappa shape index (κ1) is 13.8. The van der Waals surface area contributed by atoms with Crippen molar-refractivity contribution < 1.29 is 0 Å². The van der Waals surface area contributed by atoms with Crippen molar-refractivity contribution >= 4 is 35.6 Å². The molecule has 0 bridgehead atoms. The van der Waals surface area contributed by atoms with E-state index in [1.807, 2.05) is 12.1 Å². The van der Waals surface area contributed by atoms with Gasteiger partial charge in [-0.05, 0) is 11.6 Å². The molecule has 1 rings (SSSR count). The molecule has 0 unspecified atom stereocenters. The van der Waals surface area contributed by atoms with E-state index in [4.69, 9.17) is 23.2 Å². The maximum atomic E-state index is 5.97. The highest BCUT2D eigenvalue weighted by Crippen LogP contribution is 2.25. The molecule has 0 radical (unpaired) electrons. The summed E-state index contributed by atoms with van der Waals surface area (Å²) in [4.78, 5) is 0. The Labute approximate surface area is 101 Å². The first-order valence-corrected chi connectivity index (χ1v) is 4.76. The van der Waals surface area contributed by atoms with Gasteiger partial charge in [-0.2, -0.15) is 0 Å². The van der Waals surface area contributed by atoms with Crippen LogP contribution in [0.3, 0.4) is 0 Å². The Morgan fingerprint density at radius 3 is 2.71 bits per heavy atom. The molecule has 0 spiro atoms. The lowest BCUT2D eigenvalue weighted by Gasteiger charge is -2.05. The number of rotatable bonds is 4. The van der Waals surface area contributed by atoms with Crippen LogP contribution in [0.2, 0.25) is 10.0 Å². The third-order valence-electron chi connectivity index (χ3n) is 1.64. The summed E-state index contributed by atoms with van der Waals surface area (Å²) in [6.07, 6.45) is 1.80. The predicted octanol–water partition coefficient (Wildman–Crippen LogP) is 3.69. The minimum atomic E-state index is 0. The minimum Gasteiger partial charge on any atom is -0.309 e. The summed E-state index contributed by atoms with van der Waals surface area (Å²) in [5.74, 6) is 0. The SMILES string of the molecule is C=CCNCc1cccc(Cl)c1Cl.Cl. The molecule has 4 heteroatoms. The van der Waals surface area contributed by atoms with Gasteiger partial charge in [-0.15, -0.1) is 19.0 Å². The molecule has 0 heterocycles. The molecule has 0 saturated heterocycles. The Morgan fingerprint density at radius 2 is 2.07 bits per heavy atom. The van der Waals surface area contributed by atoms with Gasteiger partial charge < -0.3 is 5.32 Å². The van der Waals surface area contributed by atoms with Crippen molar-refractivity contribution in [3.8, 4) is 0 Å². The van der Waals surface area contributed by atoms with E-state index in [-0.39, 0.29) is 12.4 Å². The van der Waals surface area contributed by atoms with Crippen LogP contribution in [0.4, 0.5) is 0 Å². The molecular weight excluding hydrogens is 240 g/mol. The lowest BCUT2D eigenvalue weighted by Crippen LogP contribution is -2.12. The molecule has 14 heavy (non-hydrogen) atoms. The molecule has 0 fully saturated rings. The van der Waals surface area contributed by atoms with E-state index in [0.29, 0.717) is 16.6 Å². The number of nitrogens with one attached hydrogen (secondary N) is 1. The zero-order chi connectivity index (χ0) is 9.68. The maximum Gasteiger partial charge on any atom is 0.0637 e. The van der Waals surface area contributed by atoms with Crippen molar-refractivity contribution in [2.45, 2.75) is 6.54 Å². The Bertz CT molecular complexity index is 299. The fourth-order valence-electron chi connectivity index (χ4n) is 0.994. The van der Waals surface area contributed by atoms with Gasteiger partial charge in [0.15, 0.2) is 0 Å². The second-order valence-electron chi connectivity index (χ2n) is 2.63. The summed E-state index contributed by atoms with van der Waals surface area (Å²) in [5.41, 5.74) is 1.01. The van der Waals surface area contributed by atoms with Crippen molar-refractivity contribution in [1.29, 1.82) is 0 Å². The summed E-state index contributed by atoms with van der Waals surface area (Å²) in [6.45, 7) is 5.09. The lowest BCUT2D eigenvalue weighted by atomic mass is 10.2. The van der Waals surface area contributed by atoms with Gasteiger partial charge in [0.1, 0.15) is 0 Å². The molecule has 1 N–H and O–H groups in total. The zero-order valence-electron chi connectivity index (χ0n) is 7.59. The van der Waals surface area contributed by atoms with Crippen LogP contribution in [0.1, 0.15) is 5.56 Å². The van der Waals surface area contributed by atoms with Crippen LogP contribution in [0.15, 0.2) is 30.9 Å². The number of hydrogen-bond donors (Lipinski definition) is 1. The second kappa shape index (κ2) is 7.13. The minimum absolute atomic E-state index is 0. The van der Waals surface area contributed by atoms with Crippen molar-refractivity contribution in [2.24, 2.45) is 0 Å². The van der Waals surface area contributed by atoms with Crippen molar-refractivity contribution in [1.82, 2.24) is 5.32 Å². The van der Waals surface area contributed by atoms with E-state index < -0.39 is 0 Å². The molecule has 1 aromatic rings. The average molecular weight is 253 g/mol. The van der Waals surface area contributed by atoms with Gasteiger partial charge in [0.25, 0.3) is 0 Å². The highest BCUT2D eigenvalue weighted by molar-refractivity contribution is 6.42. The normalized spacial score (nSPS) is 9.29. The Hall–Kier alpha value is -0.210. The molecule has 0 amide bonds. The molecular formula is C10H12Cl3N. The van der Waals surface area contributed by atoms with Gasteiger partial charge in [-0.1, -0.05) is 41.4 Å². The van der Waals surface area contributed by atoms with Crippen LogP contribution < -0.4 is 5.32 Å². The van der Waals surface area contributed by atoms with Gasteiger partial charge in [-0.25, -0.2) is 0 Å². The highest BCUT2D eigenvalue weighted by atomic mass is 35.5. The quantitative estimate of drug-likeness (QED) is 0.636. The highest BCUT2D eigenvalue weighted by Gasteiger charge is 2.02. The molecule has 78 valence electrons. The van der Waals surface area contributed by atoms with E-state index >= 15 is 0 Å². The Balaban J connectivity index is 0.00000169. The van der Waals surface area contributed by atoms with Crippen LogP contribution in [0.25, 0.3) is 0 Å². The lowest BCUT2D eigenvalue weighted by molar-refractivity contribution is 0.761. The molecule has 0 aromatic heterocycles. The van der Waals surface area contributed by atoms with E-state index in [9.17, 15) is 0 Å². The summed E-state index contributed by atoms with van der Waals surface area (Å²) < 4.78 is 0. The molecule has 1 aromatic carbocycles. The molecule has 0 aliphatic carbocycles. The monoisotopic (exact) mass is 251 g/mol. The van der Waals surface area contributed by atoms with Crippen LogP contribution in [0.5, 0.6) is 0 Å². The van der Waals surface area contributed by atoms with Gasteiger partial charge >= 0.3 is 0 Å². The van der Waals surface area contributed by atoms with Crippen LogP contribution in [-0.4, -0.2) is 6.54 Å². The number of hydrogen-bond acceptors (Lipinski definition) is 1. The van der Waals surface area contributed by atoms with E-state index in [1.54, 1.807) is 12.1 Å². The Kier molecular flexibility index (Phi) is 7.02. The van der Waals surface area contributed by atoms with Gasteiger partial charge in [0.2, 0.25) is 0 Å². The van der Waals surface area contributed by atoms with Crippen LogP contribution >= 0.6 is 35.6 Å². The van der Waals surface area contributed by atoms with Crippen LogP contribution in [-0.2, 0) is 6.54 Å². The predicted molar refractivity (Wildman–Crippen MR) is 65.6 cm³/mol. The van der Waals surface area contributed by atoms with Crippen molar-refractivity contribution in [3.63, 3.8) is 0 Å². The Morgan fingerprint density at radius 1 is 1.36 bits per heavy atom. The summed E-state index contributed by atoms with van der Waals surface area (Å²) in [5, 5.41) is 4.38. The molecule has 1 nitrogen and oxygen atoms in total. The summed E-state index contributed by atoms with van der Waals surface area (Å²) in [7, 11) is 0. The zero-order valence-corrected chi connectivity index (χ0v) is 9.92. The molecule has 0 atom stereocenters. The largest absolute Gasteiger partial charge is 0.309 e. The van der Waals surface area contributed by atoms with Crippen molar-refractivity contribution in [2.75, 3.05) is 6.54 Å². The fraction of sp³-hybridized carbons (Fsp3) is 0.200. The first-order chi connectivity index (χ1) is 6.25. The average Bonchev–Trinajstić information content (AvgIpc) is 2.13. The second-order valence-corrected chi connectivity index (χ2v) is 3.42. The van der Waals surface area contributed by atoms with E-state index in [2.05, 4.69) is 11.9 Å². The smallest absolute Gasteiger partial charge is 0.0637 e. The van der Waals surface area contributed by atoms with E-state index in [0.717, 1.165) is 12.1 Å². The van der Waals surface area contributed by atoms with Crippen LogP contribution in [0, 0.1) is 0 Å². The molecule has 0 saturated carbocycles. The fourth-order valence-corrected chi connectivity index (χ4v) is 1.38. The summed E-state index contributed by atoms with van der Waals surface area (Å²) in [6, 6.07) is 5.62. The molecule has 0 aliphatic heterocycles. The van der Waals surface area contributed by atoms with Crippen molar-refractivity contribution in [3.05, 3.63) is 46.5 Å². The topological polar surface area (TPSA) is 12.0 Å². The standard InChI is InChI=1S/C10H11Cl2N.ClH/c1-2-6-13-7-8-4-3-5-9(11)10(8)12;/h2-5,13H,1,6-7H2;1H. The van der Waals surface area contributed by atoms with Gasteiger partial charge in [-0.3, -0.25) is 0 Å². The first-order valence-electron chi connectivity index (χ1n) is 4.00. The third-order valence-corrected chi connectivity index (χ3v) is 2.49. The number of benzene rings is 1. The third kappa shape index (κ3) is 3.89. The summed E-state index contributed by atoms with van der Waals surface area (Å²) >= 11 is 11.8. The molecule has 0 aliphatic rings.